The van der Waals surface area contributed by atoms with Crippen LogP contribution in [-0.2, 0) is 9.47 Å². The van der Waals surface area contributed by atoms with Gasteiger partial charge < -0.3 is 9.47 Å². The Labute approximate surface area is 132 Å². The van der Waals surface area contributed by atoms with Gasteiger partial charge in [0.05, 0.1) is 13.2 Å². The van der Waals surface area contributed by atoms with Gasteiger partial charge >= 0.3 is 0 Å². The molecule has 0 radical (unpaired) electrons. The van der Waals surface area contributed by atoms with Gasteiger partial charge in [-0.3, -0.25) is 0 Å². The quantitative estimate of drug-likeness (QED) is 0.756. The number of rotatable bonds is 3. The normalized spacial score (nSPS) is 33.2. The molecule has 0 atom stereocenters. The Morgan fingerprint density at radius 2 is 1.82 bits per heavy atom. The van der Waals surface area contributed by atoms with Crippen molar-refractivity contribution in [1.29, 1.82) is 0 Å². The van der Waals surface area contributed by atoms with Crippen LogP contribution in [0.5, 0.6) is 0 Å². The highest BCUT2D eigenvalue weighted by Gasteiger charge is 2.32. The molecule has 0 unspecified atom stereocenters. The van der Waals surface area contributed by atoms with E-state index >= 15 is 0 Å². The van der Waals surface area contributed by atoms with Gasteiger partial charge in [0, 0.05) is 11.8 Å². The fourth-order valence-electron chi connectivity index (χ4n) is 3.67. The third-order valence-corrected chi connectivity index (χ3v) is 4.89. The average molecular weight is 304 g/mol. The Morgan fingerprint density at radius 1 is 1.09 bits per heavy atom. The highest BCUT2D eigenvalue weighted by Crippen LogP contribution is 2.38. The smallest absolute Gasteiger partial charge is 0.160 e. The lowest BCUT2D eigenvalue weighted by Crippen LogP contribution is -2.37. The second-order valence-corrected chi connectivity index (χ2v) is 6.49. The molecule has 1 aromatic rings. The summed E-state index contributed by atoms with van der Waals surface area (Å²) in [5.74, 6) is 1.22. The molecule has 3 heteroatoms. The van der Waals surface area contributed by atoms with E-state index < -0.39 is 0 Å². The number of hydrogen-bond donors (Lipinski definition) is 0. The molecular formula is C19H25FO2. The topological polar surface area (TPSA) is 18.5 Å². The van der Waals surface area contributed by atoms with Crippen molar-refractivity contribution < 1.29 is 13.9 Å². The molecule has 120 valence electrons. The van der Waals surface area contributed by atoms with E-state index in [0.29, 0.717) is 17.8 Å². The van der Waals surface area contributed by atoms with Gasteiger partial charge in [0.25, 0.3) is 0 Å². The average Bonchev–Trinajstić information content (AvgIpc) is 2.56. The minimum Gasteiger partial charge on any atom is -0.352 e. The first-order chi connectivity index (χ1) is 10.8. The van der Waals surface area contributed by atoms with Gasteiger partial charge in [0.15, 0.2) is 6.29 Å². The first-order valence-electron chi connectivity index (χ1n) is 8.37. The Hall–Kier alpha value is -1.19. The molecule has 1 aromatic carbocycles. The fourth-order valence-corrected chi connectivity index (χ4v) is 3.67. The lowest BCUT2D eigenvalue weighted by atomic mass is 9.78. The Kier molecular flexibility index (Phi) is 5.27. The van der Waals surface area contributed by atoms with Crippen LogP contribution in [-0.4, -0.2) is 19.5 Å². The van der Waals surface area contributed by atoms with E-state index in [1.54, 1.807) is 6.07 Å². The molecule has 1 saturated heterocycles. The van der Waals surface area contributed by atoms with Gasteiger partial charge in [0.2, 0.25) is 0 Å². The summed E-state index contributed by atoms with van der Waals surface area (Å²) in [4.78, 5) is 0. The van der Waals surface area contributed by atoms with Crippen molar-refractivity contribution >= 4 is 0 Å². The van der Waals surface area contributed by atoms with E-state index in [2.05, 4.69) is 12.2 Å². The van der Waals surface area contributed by atoms with Gasteiger partial charge in [-0.05, 0) is 56.2 Å². The molecule has 3 rings (SSSR count). The number of hydrogen-bond acceptors (Lipinski definition) is 2. The first-order valence-corrected chi connectivity index (χ1v) is 8.37. The molecule has 1 saturated carbocycles. The van der Waals surface area contributed by atoms with E-state index in [4.69, 9.17) is 9.47 Å². The number of ether oxygens (including phenoxy) is 2. The van der Waals surface area contributed by atoms with Crippen molar-refractivity contribution in [2.24, 2.45) is 11.8 Å². The largest absolute Gasteiger partial charge is 0.352 e. The summed E-state index contributed by atoms with van der Waals surface area (Å²) < 4.78 is 25.2. The third kappa shape index (κ3) is 3.76. The molecule has 1 aliphatic carbocycles. The number of allylic oxidation sites excluding steroid dienone is 1. The molecule has 2 aliphatic rings. The van der Waals surface area contributed by atoms with E-state index in [-0.39, 0.29) is 12.1 Å². The molecule has 0 bridgehead atoms. The lowest BCUT2D eigenvalue weighted by Gasteiger charge is -2.37. The van der Waals surface area contributed by atoms with Gasteiger partial charge in [-0.2, -0.15) is 0 Å². The highest BCUT2D eigenvalue weighted by atomic mass is 19.1. The van der Waals surface area contributed by atoms with Crippen molar-refractivity contribution in [3.05, 3.63) is 47.8 Å². The molecule has 0 spiro atoms. The third-order valence-electron chi connectivity index (χ3n) is 4.89. The second kappa shape index (κ2) is 7.38. The lowest BCUT2D eigenvalue weighted by molar-refractivity contribution is -0.222. The standard InChI is InChI=1S/C19H25FO2/c1-2-4-14-12-21-19(22-13-14)16-9-7-15(8-10-16)17-5-3-6-18(20)11-17/h2-6,11,14-16,19H,7-10,12-13H2,1H3. The predicted octanol–water partition coefficient (Wildman–Crippen LogP) is 4.66. The van der Waals surface area contributed by atoms with Gasteiger partial charge in [-0.1, -0.05) is 24.3 Å². The van der Waals surface area contributed by atoms with Crippen molar-refractivity contribution in [2.75, 3.05) is 13.2 Å². The summed E-state index contributed by atoms with van der Waals surface area (Å²) in [6.45, 7) is 3.55. The van der Waals surface area contributed by atoms with Crippen molar-refractivity contribution in [3.63, 3.8) is 0 Å². The van der Waals surface area contributed by atoms with E-state index in [9.17, 15) is 4.39 Å². The van der Waals surface area contributed by atoms with Crippen LogP contribution in [0.25, 0.3) is 0 Å². The minimum atomic E-state index is -0.131. The second-order valence-electron chi connectivity index (χ2n) is 6.49. The number of halogens is 1. The Balaban J connectivity index is 1.50. The zero-order chi connectivity index (χ0) is 15.4. The molecule has 2 fully saturated rings. The minimum absolute atomic E-state index is 0.0463. The molecular weight excluding hydrogens is 279 g/mol. The van der Waals surface area contributed by atoms with Gasteiger partial charge in [0.1, 0.15) is 5.82 Å². The molecule has 1 heterocycles. The number of benzene rings is 1. The maximum atomic E-state index is 13.3. The molecule has 22 heavy (non-hydrogen) atoms. The Morgan fingerprint density at radius 3 is 2.45 bits per heavy atom. The molecule has 2 nitrogen and oxygen atoms in total. The summed E-state index contributed by atoms with van der Waals surface area (Å²) >= 11 is 0. The molecule has 0 amide bonds. The molecule has 0 N–H and O–H groups in total. The summed E-state index contributed by atoms with van der Waals surface area (Å²) in [5.41, 5.74) is 1.14. The zero-order valence-corrected chi connectivity index (χ0v) is 13.2. The molecule has 1 aliphatic heterocycles. The first kappa shape index (κ1) is 15.7. The van der Waals surface area contributed by atoms with Crippen molar-refractivity contribution in [3.8, 4) is 0 Å². The van der Waals surface area contributed by atoms with Crippen LogP contribution in [0, 0.1) is 17.7 Å². The summed E-state index contributed by atoms with van der Waals surface area (Å²) in [6, 6.07) is 7.05. The van der Waals surface area contributed by atoms with Crippen molar-refractivity contribution in [1.82, 2.24) is 0 Å². The fraction of sp³-hybridized carbons (Fsp3) is 0.579. The summed E-state index contributed by atoms with van der Waals surface area (Å²) in [5, 5.41) is 0. The predicted molar refractivity (Wildman–Crippen MR) is 85.1 cm³/mol. The van der Waals surface area contributed by atoms with Crippen LogP contribution in [0.15, 0.2) is 36.4 Å². The van der Waals surface area contributed by atoms with E-state index in [0.717, 1.165) is 44.5 Å². The summed E-state index contributed by atoms with van der Waals surface area (Å²) in [6.07, 6.45) is 8.54. The van der Waals surface area contributed by atoms with Crippen LogP contribution < -0.4 is 0 Å². The van der Waals surface area contributed by atoms with Crippen LogP contribution in [0.1, 0.15) is 44.1 Å². The summed E-state index contributed by atoms with van der Waals surface area (Å²) in [7, 11) is 0. The maximum Gasteiger partial charge on any atom is 0.160 e. The van der Waals surface area contributed by atoms with Gasteiger partial charge in [-0.25, -0.2) is 4.39 Å². The van der Waals surface area contributed by atoms with E-state index in [1.165, 1.54) is 6.07 Å². The van der Waals surface area contributed by atoms with Crippen LogP contribution >= 0.6 is 0 Å². The maximum absolute atomic E-state index is 13.3. The van der Waals surface area contributed by atoms with Gasteiger partial charge in [-0.15, -0.1) is 0 Å². The monoisotopic (exact) mass is 304 g/mol. The van der Waals surface area contributed by atoms with Crippen LogP contribution in [0.2, 0.25) is 0 Å². The van der Waals surface area contributed by atoms with E-state index in [1.807, 2.05) is 19.1 Å². The van der Waals surface area contributed by atoms with Crippen LogP contribution in [0.4, 0.5) is 4.39 Å². The highest BCUT2D eigenvalue weighted by molar-refractivity contribution is 5.21. The Bertz CT molecular complexity index is 498. The molecule has 0 aromatic heterocycles. The SMILES string of the molecule is CC=CC1COC(C2CCC(c3cccc(F)c3)CC2)OC1. The van der Waals surface area contributed by atoms with Crippen LogP contribution in [0.3, 0.4) is 0 Å². The zero-order valence-electron chi connectivity index (χ0n) is 13.2. The van der Waals surface area contributed by atoms with Crippen molar-refractivity contribution in [2.45, 2.75) is 44.8 Å².